The van der Waals surface area contributed by atoms with Gasteiger partial charge in [-0.05, 0) is 24.7 Å². The third-order valence-corrected chi connectivity index (χ3v) is 4.32. The molecule has 0 aromatic heterocycles. The van der Waals surface area contributed by atoms with Crippen LogP contribution in [-0.2, 0) is 4.42 Å². The molecule has 20 heavy (non-hydrogen) atoms. The smallest absolute Gasteiger partial charge is 0.251 e. The molecule has 1 aliphatic rings. The van der Waals surface area contributed by atoms with E-state index in [1.165, 1.54) is 18.4 Å². The molecule has 1 heteroatoms. The fourth-order valence-electron chi connectivity index (χ4n) is 3.07. The summed E-state index contributed by atoms with van der Waals surface area (Å²) in [4.78, 5) is 0. The average Bonchev–Trinajstić information content (AvgIpc) is 2.44. The lowest BCUT2D eigenvalue weighted by Gasteiger charge is -2.29. The molecule has 1 aromatic rings. The fraction of sp³-hybridized carbons (Fsp3) is 0.526. The van der Waals surface area contributed by atoms with E-state index < -0.39 is 0 Å². The first-order valence-corrected chi connectivity index (χ1v) is 7.79. The van der Waals surface area contributed by atoms with Crippen LogP contribution in [0.2, 0.25) is 0 Å². The molecule has 0 bridgehead atoms. The molecular weight excluding hydrogens is 244 g/mol. The van der Waals surface area contributed by atoms with E-state index in [2.05, 4.69) is 39.2 Å². The van der Waals surface area contributed by atoms with Gasteiger partial charge in [0.05, 0.1) is 0 Å². The van der Waals surface area contributed by atoms with E-state index in [9.17, 15) is 0 Å². The molecule has 1 aromatic carbocycles. The van der Waals surface area contributed by atoms with Crippen molar-refractivity contribution in [3.05, 3.63) is 42.0 Å². The molecule has 1 nitrogen and oxygen atoms in total. The van der Waals surface area contributed by atoms with Crippen molar-refractivity contribution in [2.75, 3.05) is 0 Å². The molecule has 3 atom stereocenters. The maximum Gasteiger partial charge on any atom is 0.251 e. The highest BCUT2D eigenvalue weighted by molar-refractivity contribution is 5.74. The van der Waals surface area contributed by atoms with Crippen LogP contribution in [0.4, 0.5) is 0 Å². The van der Waals surface area contributed by atoms with Crippen LogP contribution in [-0.4, -0.2) is 12.4 Å². The van der Waals surface area contributed by atoms with Crippen molar-refractivity contribution < 1.29 is 4.42 Å². The van der Waals surface area contributed by atoms with E-state index in [0.29, 0.717) is 17.9 Å². The van der Waals surface area contributed by atoms with E-state index in [1.54, 1.807) is 0 Å². The lowest BCUT2D eigenvalue weighted by atomic mass is 9.75. The molecule has 1 aliphatic carbocycles. The predicted octanol–water partition coefficient (Wildman–Crippen LogP) is 4.81. The van der Waals surface area contributed by atoms with E-state index in [0.717, 1.165) is 12.3 Å². The molecule has 0 N–H and O–H groups in total. The first kappa shape index (κ1) is 15.0. The highest BCUT2D eigenvalue weighted by atomic mass is 16.4. The quantitative estimate of drug-likeness (QED) is 0.423. The Morgan fingerprint density at radius 3 is 2.65 bits per heavy atom. The Morgan fingerprint density at radius 1 is 1.20 bits per heavy atom. The van der Waals surface area contributed by atoms with Gasteiger partial charge < -0.3 is 4.42 Å². The zero-order chi connectivity index (χ0) is 14.4. The van der Waals surface area contributed by atoms with Crippen LogP contribution >= 0.6 is 0 Å². The average molecular weight is 270 g/mol. The summed E-state index contributed by atoms with van der Waals surface area (Å²) in [5.41, 5.74) is 1.18. The number of rotatable bonds is 4. The van der Waals surface area contributed by atoms with Crippen LogP contribution in [0.25, 0.3) is 6.08 Å². The highest BCUT2D eigenvalue weighted by Crippen LogP contribution is 2.34. The number of benzene rings is 1. The molecule has 0 amide bonds. The molecule has 2 rings (SSSR count). The van der Waals surface area contributed by atoms with Crippen molar-refractivity contribution in [1.29, 1.82) is 0 Å². The molecule has 108 valence electrons. The molecule has 0 saturated heterocycles. The molecule has 0 heterocycles. The highest BCUT2D eigenvalue weighted by Gasteiger charge is 2.36. The van der Waals surface area contributed by atoms with Gasteiger partial charge in [0.15, 0.2) is 0 Å². The van der Waals surface area contributed by atoms with Crippen molar-refractivity contribution in [2.24, 2.45) is 17.8 Å². The molecule has 0 spiro atoms. The minimum absolute atomic E-state index is 0.333. The van der Waals surface area contributed by atoms with Gasteiger partial charge in [0.25, 0.3) is 6.10 Å². The standard InChI is InChI=1S/C19H26O/c1-15(2)18-12-11-16(3)14-19(18)20-13-7-10-17-8-5-4-6-9-17/h4-10,15-16,18-19H,11-12,14H2,1-3H3/b10-7+/t16-,18+,19-/m0/s1. The van der Waals surface area contributed by atoms with Crippen molar-refractivity contribution in [1.82, 2.24) is 0 Å². The maximum absolute atomic E-state index is 5.91. The van der Waals surface area contributed by atoms with Gasteiger partial charge in [-0.3, -0.25) is 0 Å². The largest absolute Gasteiger partial charge is 0.350 e. The van der Waals surface area contributed by atoms with Crippen LogP contribution in [0.5, 0.6) is 0 Å². The summed E-state index contributed by atoms with van der Waals surface area (Å²) in [6, 6.07) is 10.3. The summed E-state index contributed by atoms with van der Waals surface area (Å²) in [6.45, 7) is 6.93. The Balaban J connectivity index is 1.96. The molecule has 1 fully saturated rings. The summed E-state index contributed by atoms with van der Waals surface area (Å²) < 4.78 is 5.91. The van der Waals surface area contributed by atoms with Crippen LogP contribution in [0, 0.1) is 17.8 Å². The van der Waals surface area contributed by atoms with Gasteiger partial charge in [0, 0.05) is 12.3 Å². The van der Waals surface area contributed by atoms with Crippen LogP contribution in [0.3, 0.4) is 0 Å². The van der Waals surface area contributed by atoms with E-state index in [-0.39, 0.29) is 0 Å². The topological polar surface area (TPSA) is 11.3 Å². The minimum atomic E-state index is 0.333. The van der Waals surface area contributed by atoms with Crippen molar-refractivity contribution in [3.63, 3.8) is 0 Å². The molecule has 1 saturated carbocycles. The van der Waals surface area contributed by atoms with Crippen LogP contribution < -0.4 is 0 Å². The number of hydrogen-bond acceptors (Lipinski definition) is 0. The van der Waals surface area contributed by atoms with Crippen molar-refractivity contribution in [2.45, 2.75) is 46.1 Å². The van der Waals surface area contributed by atoms with Gasteiger partial charge in [-0.15, -0.1) is 11.6 Å². The van der Waals surface area contributed by atoms with Gasteiger partial charge in [0.2, 0.25) is 6.29 Å². The van der Waals surface area contributed by atoms with Gasteiger partial charge in [0.1, 0.15) is 0 Å². The van der Waals surface area contributed by atoms with E-state index in [4.69, 9.17) is 4.42 Å². The second-order valence-electron chi connectivity index (χ2n) is 6.34. The molecule has 0 unspecified atom stereocenters. The first-order chi connectivity index (χ1) is 9.66. The summed E-state index contributed by atoms with van der Waals surface area (Å²) in [5, 5.41) is 0. The zero-order valence-electron chi connectivity index (χ0n) is 12.9. The van der Waals surface area contributed by atoms with Gasteiger partial charge in [-0.25, -0.2) is 0 Å². The van der Waals surface area contributed by atoms with Crippen molar-refractivity contribution >= 4 is 12.4 Å². The summed E-state index contributed by atoms with van der Waals surface area (Å²) in [6.07, 6.45) is 11.1. The zero-order valence-corrected chi connectivity index (χ0v) is 12.9. The number of carbonyl (C=O) groups excluding carboxylic acids is 1. The Hall–Kier alpha value is -1.37. The van der Waals surface area contributed by atoms with E-state index in [1.807, 2.05) is 30.4 Å². The third-order valence-electron chi connectivity index (χ3n) is 4.32. The number of allylic oxidation sites excluding steroid dienone is 1. The van der Waals surface area contributed by atoms with Crippen molar-refractivity contribution in [3.8, 4) is 0 Å². The number of hydrogen-bond donors (Lipinski definition) is 0. The van der Waals surface area contributed by atoms with Gasteiger partial charge >= 0.3 is 0 Å². The fourth-order valence-corrected chi connectivity index (χ4v) is 3.07. The molecule has 0 radical (unpaired) electrons. The van der Waals surface area contributed by atoms with Crippen LogP contribution in [0.1, 0.15) is 45.6 Å². The third kappa shape index (κ3) is 4.33. The normalized spacial score (nSPS) is 27.7. The lowest BCUT2D eigenvalue weighted by molar-refractivity contribution is -0.0714. The predicted molar refractivity (Wildman–Crippen MR) is 86.3 cm³/mol. The lowest BCUT2D eigenvalue weighted by Crippen LogP contribution is -2.32. The van der Waals surface area contributed by atoms with Gasteiger partial charge in [-0.2, -0.15) is 6.08 Å². The maximum atomic E-state index is 5.91. The summed E-state index contributed by atoms with van der Waals surface area (Å²) in [5.74, 6) is 2.13. The molecular formula is C19H26O. The Labute approximate surface area is 123 Å². The monoisotopic (exact) mass is 270 g/mol. The first-order valence-electron chi connectivity index (χ1n) is 7.79. The van der Waals surface area contributed by atoms with Gasteiger partial charge in [-0.1, -0.05) is 51.1 Å². The van der Waals surface area contributed by atoms with E-state index >= 15 is 0 Å². The SMILES string of the molecule is CC(C)[C@H]1CC[C@H](C)C[C@@H]1[O+]=[C-]/C=C/c1ccccc1. The van der Waals surface area contributed by atoms with Crippen LogP contribution in [0.15, 0.2) is 36.4 Å². The Bertz CT molecular complexity index is 444. The molecule has 0 aliphatic heterocycles. The Morgan fingerprint density at radius 2 is 1.95 bits per heavy atom. The summed E-state index contributed by atoms with van der Waals surface area (Å²) in [7, 11) is 0. The minimum Gasteiger partial charge on any atom is -0.350 e. The Kier molecular flexibility index (Phi) is 5.58. The second-order valence-corrected chi connectivity index (χ2v) is 6.34. The second kappa shape index (κ2) is 7.42. The summed E-state index contributed by atoms with van der Waals surface area (Å²) >= 11 is 0.